The van der Waals surface area contributed by atoms with E-state index in [9.17, 15) is 49.7 Å². The molecular weight excluding hydrogens is 503 g/mol. The van der Waals surface area contributed by atoms with Crippen molar-refractivity contribution in [2.75, 3.05) is 87.5 Å². The second kappa shape index (κ2) is 12.6. The molecule has 0 aromatic rings. The molecule has 0 spiro atoms. The molecule has 0 radical (unpaired) electrons. The van der Waals surface area contributed by atoms with Crippen LogP contribution in [0, 0.1) is 0 Å². The van der Waals surface area contributed by atoms with Crippen molar-refractivity contribution in [2.24, 2.45) is 0 Å². The molecule has 2 N–H and O–H groups in total. The third-order valence-electron chi connectivity index (χ3n) is 5.14. The minimum Gasteiger partial charge on any atom is -0.385 e. The number of rotatable bonds is 18. The van der Waals surface area contributed by atoms with Crippen LogP contribution in [-0.4, -0.2) is 143 Å². The number of likely N-dealkylation sites (N-methyl/N-ethyl adjacent to an activating group) is 2. The molecule has 0 aromatic carbocycles. The Morgan fingerprint density at radius 2 is 1.09 bits per heavy atom. The van der Waals surface area contributed by atoms with E-state index < -0.39 is 69.0 Å². The summed E-state index contributed by atoms with van der Waals surface area (Å²) in [6, 6.07) is 0. The SMILES string of the molecule is CC(F)(F)C(F)(F)C(F)(F)COCC(O)C[N+](C)(C)CC[N+](C)(C)CC(O)COCC(F)(F)CF. The highest BCUT2D eigenvalue weighted by Gasteiger charge is 2.69. The lowest BCUT2D eigenvalue weighted by Crippen LogP contribution is -2.56. The molecule has 212 valence electrons. The Balaban J connectivity index is 4.56. The zero-order valence-electron chi connectivity index (χ0n) is 20.5. The van der Waals surface area contributed by atoms with Crippen molar-refractivity contribution >= 4 is 0 Å². The molecule has 0 heterocycles. The first-order valence-corrected chi connectivity index (χ1v) is 10.7. The van der Waals surface area contributed by atoms with Crippen molar-refractivity contribution in [3.05, 3.63) is 0 Å². The van der Waals surface area contributed by atoms with Gasteiger partial charge in [-0.05, 0) is 0 Å². The number of hydrogen-bond donors (Lipinski definition) is 2. The summed E-state index contributed by atoms with van der Waals surface area (Å²) in [5, 5.41) is 20.0. The van der Waals surface area contributed by atoms with Gasteiger partial charge in [0.15, 0.2) is 6.67 Å². The first kappa shape index (κ1) is 34.1. The fourth-order valence-corrected chi connectivity index (χ4v) is 3.09. The number of quaternary nitrogens is 2. The number of aliphatic hydroxyl groups is 2. The highest BCUT2D eigenvalue weighted by atomic mass is 19.3. The molecule has 6 nitrogen and oxygen atoms in total. The number of alkyl halides is 9. The average Bonchev–Trinajstić information content (AvgIpc) is 2.64. The standard InChI is InChI=1S/C20H37F9N2O4/c1-17(22,23)20(28,29)19(26,27)14-35-11-16(33)9-31(4,5)7-6-30(2,3)8-15(32)10-34-13-18(24,25)12-21/h15-16,32-33H,6-14H2,1-5H3/q+2. The predicted octanol–water partition coefficient (Wildman–Crippen LogP) is 2.42. The lowest BCUT2D eigenvalue weighted by Gasteiger charge is -2.37. The third-order valence-corrected chi connectivity index (χ3v) is 5.14. The highest BCUT2D eigenvalue weighted by molar-refractivity contribution is 4.93. The molecule has 0 aliphatic rings. The fraction of sp³-hybridized carbons (Fsp3) is 1.00. The van der Waals surface area contributed by atoms with Crippen LogP contribution in [-0.2, 0) is 9.47 Å². The van der Waals surface area contributed by atoms with Crippen molar-refractivity contribution in [1.29, 1.82) is 0 Å². The zero-order chi connectivity index (χ0) is 27.9. The van der Waals surface area contributed by atoms with Crippen molar-refractivity contribution in [3.8, 4) is 0 Å². The van der Waals surface area contributed by atoms with Gasteiger partial charge < -0.3 is 28.7 Å². The normalized spacial score (nSPS) is 16.5. The van der Waals surface area contributed by atoms with Crippen LogP contribution < -0.4 is 0 Å². The van der Waals surface area contributed by atoms with Crippen LogP contribution in [0.25, 0.3) is 0 Å². The number of halogens is 9. The molecule has 0 saturated heterocycles. The zero-order valence-corrected chi connectivity index (χ0v) is 20.5. The van der Waals surface area contributed by atoms with Gasteiger partial charge in [-0.25, -0.2) is 13.2 Å². The largest absolute Gasteiger partial charge is 0.385 e. The van der Waals surface area contributed by atoms with Gasteiger partial charge in [0.05, 0.1) is 41.4 Å². The molecule has 2 unspecified atom stereocenters. The molecular formula is C20H37F9N2O4+2. The molecule has 0 saturated carbocycles. The smallest absolute Gasteiger partial charge is 0.373 e. The van der Waals surface area contributed by atoms with Gasteiger partial charge in [-0.3, -0.25) is 0 Å². The Morgan fingerprint density at radius 1 is 0.714 bits per heavy atom. The van der Waals surface area contributed by atoms with E-state index in [0.29, 0.717) is 13.1 Å². The quantitative estimate of drug-likeness (QED) is 0.207. The fourth-order valence-electron chi connectivity index (χ4n) is 3.09. The Bertz CT molecular complexity index is 632. The average molecular weight is 541 g/mol. The number of aliphatic hydroxyl groups excluding tert-OH is 2. The maximum atomic E-state index is 13.5. The summed E-state index contributed by atoms with van der Waals surface area (Å²) in [5.41, 5.74) is 0. The Labute approximate surface area is 199 Å². The van der Waals surface area contributed by atoms with E-state index in [-0.39, 0.29) is 29.0 Å². The summed E-state index contributed by atoms with van der Waals surface area (Å²) in [6.07, 6.45) is -2.49. The van der Waals surface area contributed by atoms with Crippen LogP contribution in [0.5, 0.6) is 0 Å². The van der Waals surface area contributed by atoms with E-state index in [1.165, 1.54) is 0 Å². The molecule has 0 fully saturated rings. The summed E-state index contributed by atoms with van der Waals surface area (Å²) in [5.74, 6) is -19.4. The van der Waals surface area contributed by atoms with E-state index in [0.717, 1.165) is 0 Å². The van der Waals surface area contributed by atoms with Crippen LogP contribution in [0.3, 0.4) is 0 Å². The first-order chi connectivity index (χ1) is 15.5. The Morgan fingerprint density at radius 3 is 1.43 bits per heavy atom. The molecule has 0 bridgehead atoms. The Hall–Kier alpha value is -0.870. The molecule has 0 amide bonds. The summed E-state index contributed by atoms with van der Waals surface area (Å²) in [6.45, 7) is -5.79. The third kappa shape index (κ3) is 12.3. The van der Waals surface area contributed by atoms with Gasteiger partial charge in [0.2, 0.25) is 0 Å². The number of hydrogen-bond acceptors (Lipinski definition) is 4. The number of ether oxygens (including phenoxy) is 2. The van der Waals surface area contributed by atoms with Crippen molar-refractivity contribution in [3.63, 3.8) is 0 Å². The van der Waals surface area contributed by atoms with Gasteiger partial charge in [-0.2, -0.15) is 26.3 Å². The van der Waals surface area contributed by atoms with Crippen molar-refractivity contribution in [1.82, 2.24) is 0 Å². The minimum atomic E-state index is -5.63. The van der Waals surface area contributed by atoms with Crippen molar-refractivity contribution in [2.45, 2.75) is 42.8 Å². The maximum Gasteiger partial charge on any atom is 0.373 e. The van der Waals surface area contributed by atoms with Gasteiger partial charge in [0.1, 0.15) is 51.6 Å². The molecule has 2 atom stereocenters. The van der Waals surface area contributed by atoms with Gasteiger partial charge in [0, 0.05) is 6.92 Å². The maximum absolute atomic E-state index is 13.5. The lowest BCUT2D eigenvalue weighted by atomic mass is 10.1. The van der Waals surface area contributed by atoms with Crippen LogP contribution in [0.4, 0.5) is 39.5 Å². The van der Waals surface area contributed by atoms with E-state index in [4.69, 9.17) is 0 Å². The second-order valence-electron chi connectivity index (χ2n) is 10.2. The van der Waals surface area contributed by atoms with Crippen molar-refractivity contribution < 1.29 is 68.2 Å². The minimum absolute atomic E-state index is 0.0596. The molecule has 35 heavy (non-hydrogen) atoms. The Kier molecular flexibility index (Phi) is 12.3. The van der Waals surface area contributed by atoms with Gasteiger partial charge in [0.25, 0.3) is 5.92 Å². The summed E-state index contributed by atoms with van der Waals surface area (Å²) in [7, 11) is 6.79. The van der Waals surface area contributed by atoms with Gasteiger partial charge in [-0.15, -0.1) is 0 Å². The van der Waals surface area contributed by atoms with E-state index in [1.54, 1.807) is 28.2 Å². The molecule has 0 aliphatic heterocycles. The van der Waals surface area contributed by atoms with E-state index in [2.05, 4.69) is 9.47 Å². The molecule has 0 aromatic heterocycles. The summed E-state index contributed by atoms with van der Waals surface area (Å²) >= 11 is 0. The molecule has 0 rings (SSSR count). The predicted molar refractivity (Wildman–Crippen MR) is 109 cm³/mol. The van der Waals surface area contributed by atoms with Crippen LogP contribution in [0.2, 0.25) is 0 Å². The molecule has 0 aliphatic carbocycles. The topological polar surface area (TPSA) is 58.9 Å². The monoisotopic (exact) mass is 540 g/mol. The highest BCUT2D eigenvalue weighted by Crippen LogP contribution is 2.45. The van der Waals surface area contributed by atoms with E-state index in [1.807, 2.05) is 0 Å². The van der Waals surface area contributed by atoms with Crippen LogP contribution in [0.1, 0.15) is 6.92 Å². The lowest BCUT2D eigenvalue weighted by molar-refractivity contribution is -0.948. The van der Waals surface area contributed by atoms with E-state index >= 15 is 0 Å². The van der Waals surface area contributed by atoms with Gasteiger partial charge >= 0.3 is 17.8 Å². The van der Waals surface area contributed by atoms with Crippen LogP contribution >= 0.6 is 0 Å². The summed E-state index contributed by atoms with van der Waals surface area (Å²) < 4.78 is 126. The summed E-state index contributed by atoms with van der Waals surface area (Å²) in [4.78, 5) is 0. The van der Waals surface area contributed by atoms with Crippen LogP contribution in [0.15, 0.2) is 0 Å². The second-order valence-corrected chi connectivity index (χ2v) is 10.2. The number of nitrogens with zero attached hydrogens (tertiary/aromatic N) is 2. The van der Waals surface area contributed by atoms with Gasteiger partial charge in [-0.1, -0.05) is 0 Å². The first-order valence-electron chi connectivity index (χ1n) is 10.7. The molecule has 15 heteroatoms.